The molecule has 1 unspecified atom stereocenters. The second-order valence-electron chi connectivity index (χ2n) is 2.62. The summed E-state index contributed by atoms with van der Waals surface area (Å²) in [7, 11) is 0. The second-order valence-corrected chi connectivity index (χ2v) is 2.62. The fraction of sp³-hybridized carbons (Fsp3) is 0.500. The summed E-state index contributed by atoms with van der Waals surface area (Å²) in [5.74, 6) is 1.04. The normalized spacial score (nSPS) is 13.7. The van der Waals surface area contributed by atoms with Crippen molar-refractivity contribution in [3.05, 3.63) is 25.6 Å². The van der Waals surface area contributed by atoms with Gasteiger partial charge in [-0.1, -0.05) is 33.4 Å². The lowest BCUT2D eigenvalue weighted by Gasteiger charge is -2.10. The summed E-state index contributed by atoms with van der Waals surface area (Å²) in [4.78, 5) is 4.02. The maximum absolute atomic E-state index is 5.14. The predicted molar refractivity (Wildman–Crippen MR) is 53.0 cm³/mol. The lowest BCUT2D eigenvalue weighted by atomic mass is 10.1. The topological polar surface area (TPSA) is 21.6 Å². The van der Waals surface area contributed by atoms with E-state index in [0.717, 1.165) is 12.8 Å². The van der Waals surface area contributed by atoms with Crippen molar-refractivity contribution in [1.29, 1.82) is 0 Å². The largest absolute Gasteiger partial charge is 0.451 e. The maximum atomic E-state index is 5.14. The standard InChI is InChI=1S/C10H17NO/c1-5-8-9(4)10(11-6-2)12-7-3/h6-7,9H,2-3,5,8H2,1,4H3/b11-10-. The Kier molecular flexibility index (Phi) is 6.07. The van der Waals surface area contributed by atoms with Crippen LogP contribution in [0.5, 0.6) is 0 Å². The van der Waals surface area contributed by atoms with Crippen LogP contribution in [0.3, 0.4) is 0 Å². The van der Waals surface area contributed by atoms with Gasteiger partial charge in [-0.05, 0) is 6.42 Å². The highest BCUT2D eigenvalue weighted by Gasteiger charge is 2.08. The number of nitrogens with zero attached hydrogens (tertiary/aromatic N) is 1. The van der Waals surface area contributed by atoms with Crippen LogP contribution < -0.4 is 0 Å². The van der Waals surface area contributed by atoms with E-state index in [-0.39, 0.29) is 0 Å². The summed E-state index contributed by atoms with van der Waals surface area (Å²) in [6, 6.07) is 0. The summed E-state index contributed by atoms with van der Waals surface area (Å²) in [5.41, 5.74) is 0. The molecule has 0 amide bonds. The molecule has 0 rings (SSSR count). The third-order valence-electron chi connectivity index (χ3n) is 1.57. The van der Waals surface area contributed by atoms with Crippen LogP contribution in [0.15, 0.2) is 30.6 Å². The van der Waals surface area contributed by atoms with Gasteiger partial charge in [0.05, 0.1) is 6.26 Å². The molecule has 0 spiro atoms. The van der Waals surface area contributed by atoms with Crippen LogP contribution in [0.1, 0.15) is 26.7 Å². The van der Waals surface area contributed by atoms with Gasteiger partial charge in [0.1, 0.15) is 0 Å². The molecule has 2 nitrogen and oxygen atoms in total. The molecule has 0 fully saturated rings. The summed E-state index contributed by atoms with van der Waals surface area (Å²) in [5, 5.41) is 0. The first-order valence-corrected chi connectivity index (χ1v) is 4.22. The molecule has 2 heteroatoms. The van der Waals surface area contributed by atoms with Crippen LogP contribution in [0.2, 0.25) is 0 Å². The third kappa shape index (κ3) is 3.96. The van der Waals surface area contributed by atoms with Gasteiger partial charge in [0.25, 0.3) is 0 Å². The molecule has 68 valence electrons. The Morgan fingerprint density at radius 1 is 1.58 bits per heavy atom. The molecule has 12 heavy (non-hydrogen) atoms. The van der Waals surface area contributed by atoms with E-state index in [9.17, 15) is 0 Å². The van der Waals surface area contributed by atoms with Crippen molar-refractivity contribution in [2.75, 3.05) is 0 Å². The first-order chi connectivity index (χ1) is 5.76. The van der Waals surface area contributed by atoms with E-state index in [1.807, 2.05) is 0 Å². The molecule has 0 aromatic carbocycles. The smallest absolute Gasteiger partial charge is 0.196 e. The SMILES string of the molecule is C=C/N=C(\OC=C)C(C)CCC. The fourth-order valence-electron chi connectivity index (χ4n) is 1.01. The van der Waals surface area contributed by atoms with Crippen LogP contribution in [-0.4, -0.2) is 5.90 Å². The Bertz CT molecular complexity index is 173. The maximum Gasteiger partial charge on any atom is 0.196 e. The zero-order chi connectivity index (χ0) is 9.40. The molecular weight excluding hydrogens is 150 g/mol. The van der Waals surface area contributed by atoms with Crippen molar-refractivity contribution in [1.82, 2.24) is 0 Å². The Morgan fingerprint density at radius 3 is 2.67 bits per heavy atom. The monoisotopic (exact) mass is 167 g/mol. The molecular formula is C10H17NO. The average Bonchev–Trinajstić information content (AvgIpc) is 2.04. The molecule has 0 saturated carbocycles. The average molecular weight is 167 g/mol. The molecule has 1 atom stereocenters. The number of hydrogen-bond acceptors (Lipinski definition) is 2. The number of ether oxygens (including phenoxy) is 1. The summed E-state index contributed by atoms with van der Waals surface area (Å²) < 4.78 is 5.14. The van der Waals surface area contributed by atoms with Crippen LogP contribution in [0, 0.1) is 5.92 Å². The zero-order valence-electron chi connectivity index (χ0n) is 7.92. The summed E-state index contributed by atoms with van der Waals surface area (Å²) in [6.07, 6.45) is 5.08. The van der Waals surface area contributed by atoms with E-state index in [1.165, 1.54) is 12.5 Å². The van der Waals surface area contributed by atoms with Crippen LogP contribution in [0.4, 0.5) is 0 Å². The van der Waals surface area contributed by atoms with Crippen molar-refractivity contribution in [2.45, 2.75) is 26.7 Å². The molecule has 0 aliphatic carbocycles. The van der Waals surface area contributed by atoms with Gasteiger partial charge < -0.3 is 4.74 Å². The lowest BCUT2D eigenvalue weighted by Crippen LogP contribution is -2.11. The van der Waals surface area contributed by atoms with Crippen molar-refractivity contribution >= 4 is 5.90 Å². The van der Waals surface area contributed by atoms with Gasteiger partial charge >= 0.3 is 0 Å². The minimum absolute atomic E-state index is 0.339. The fourth-order valence-corrected chi connectivity index (χ4v) is 1.01. The number of aliphatic imine (C=N–C) groups is 1. The van der Waals surface area contributed by atoms with Crippen LogP contribution in [0.25, 0.3) is 0 Å². The molecule has 0 aromatic rings. The Labute approximate surface area is 74.7 Å². The van der Waals surface area contributed by atoms with Crippen LogP contribution >= 0.6 is 0 Å². The molecule has 0 heterocycles. The molecule has 0 bridgehead atoms. The summed E-state index contributed by atoms with van der Waals surface area (Å²) in [6.45, 7) is 11.2. The van der Waals surface area contributed by atoms with Gasteiger partial charge in [0.15, 0.2) is 5.90 Å². The van der Waals surface area contributed by atoms with Gasteiger partial charge in [0.2, 0.25) is 0 Å². The minimum atomic E-state index is 0.339. The molecule has 0 saturated heterocycles. The van der Waals surface area contributed by atoms with Crippen molar-refractivity contribution in [2.24, 2.45) is 10.9 Å². The number of hydrogen-bond donors (Lipinski definition) is 0. The predicted octanol–water partition coefficient (Wildman–Crippen LogP) is 3.12. The summed E-state index contributed by atoms with van der Waals surface area (Å²) >= 11 is 0. The molecule has 0 aliphatic heterocycles. The first kappa shape index (κ1) is 11.0. The lowest BCUT2D eigenvalue weighted by molar-refractivity contribution is 0.422. The molecule has 0 aliphatic rings. The first-order valence-electron chi connectivity index (χ1n) is 4.22. The van der Waals surface area contributed by atoms with Crippen molar-refractivity contribution < 1.29 is 4.74 Å². The minimum Gasteiger partial charge on any atom is -0.451 e. The number of rotatable bonds is 5. The van der Waals surface area contributed by atoms with Gasteiger partial charge in [-0.3, -0.25) is 0 Å². The molecule has 0 N–H and O–H groups in total. The molecule has 0 aromatic heterocycles. The zero-order valence-corrected chi connectivity index (χ0v) is 7.92. The van der Waals surface area contributed by atoms with Crippen molar-refractivity contribution in [3.8, 4) is 0 Å². The Morgan fingerprint density at radius 2 is 2.25 bits per heavy atom. The van der Waals surface area contributed by atoms with E-state index in [4.69, 9.17) is 4.74 Å². The third-order valence-corrected chi connectivity index (χ3v) is 1.57. The second kappa shape index (κ2) is 6.65. The van der Waals surface area contributed by atoms with Gasteiger partial charge in [0, 0.05) is 12.1 Å². The highest BCUT2D eigenvalue weighted by molar-refractivity contribution is 5.79. The van der Waals surface area contributed by atoms with Gasteiger partial charge in [-0.15, -0.1) is 0 Å². The van der Waals surface area contributed by atoms with Gasteiger partial charge in [-0.2, -0.15) is 0 Å². The van der Waals surface area contributed by atoms with E-state index < -0.39 is 0 Å². The molecule has 0 radical (unpaired) electrons. The highest BCUT2D eigenvalue weighted by atomic mass is 16.5. The Balaban J connectivity index is 4.17. The van der Waals surface area contributed by atoms with E-state index in [1.54, 1.807) is 0 Å². The van der Waals surface area contributed by atoms with Crippen LogP contribution in [-0.2, 0) is 4.74 Å². The van der Waals surface area contributed by atoms with Crippen molar-refractivity contribution in [3.63, 3.8) is 0 Å². The quantitative estimate of drug-likeness (QED) is 0.350. The van der Waals surface area contributed by atoms with E-state index >= 15 is 0 Å². The highest BCUT2D eigenvalue weighted by Crippen LogP contribution is 2.09. The van der Waals surface area contributed by atoms with E-state index in [2.05, 4.69) is 32.0 Å². The Hall–Kier alpha value is -1.05. The van der Waals surface area contributed by atoms with E-state index in [0.29, 0.717) is 11.8 Å². The van der Waals surface area contributed by atoms with Gasteiger partial charge in [-0.25, -0.2) is 4.99 Å².